The van der Waals surface area contributed by atoms with Gasteiger partial charge in [0, 0.05) is 38.8 Å². The van der Waals surface area contributed by atoms with E-state index in [1.54, 1.807) is 13.0 Å². The van der Waals surface area contributed by atoms with Crippen molar-refractivity contribution in [3.8, 4) is 0 Å². The van der Waals surface area contributed by atoms with E-state index in [1.807, 2.05) is 0 Å². The average Bonchev–Trinajstić information content (AvgIpc) is 2.62. The second kappa shape index (κ2) is 7.72. The van der Waals surface area contributed by atoms with Gasteiger partial charge in [0.25, 0.3) is 11.6 Å². The quantitative estimate of drug-likeness (QED) is 0.599. The van der Waals surface area contributed by atoms with E-state index in [1.165, 1.54) is 57.5 Å². The highest BCUT2D eigenvalue weighted by molar-refractivity contribution is 7.90. The van der Waals surface area contributed by atoms with E-state index in [0.717, 1.165) is 8.61 Å². The molecular formula is C17H20N4O5S. The second-order valence-electron chi connectivity index (χ2n) is 6.01. The fourth-order valence-electron chi connectivity index (χ4n) is 2.25. The van der Waals surface area contributed by atoms with Gasteiger partial charge in [0.1, 0.15) is 0 Å². The number of nitro groups is 1. The molecular weight excluding hydrogens is 372 g/mol. The van der Waals surface area contributed by atoms with Crippen LogP contribution in [-0.4, -0.2) is 44.7 Å². The summed E-state index contributed by atoms with van der Waals surface area (Å²) in [5.74, 6) is -0.455. The molecule has 10 heteroatoms. The van der Waals surface area contributed by atoms with Crippen LogP contribution in [0.2, 0.25) is 0 Å². The lowest BCUT2D eigenvalue weighted by atomic mass is 10.1. The number of carbonyl (C=O) groups is 1. The summed E-state index contributed by atoms with van der Waals surface area (Å²) < 4.78 is 26.4. The highest BCUT2D eigenvalue weighted by Gasteiger charge is 2.21. The van der Waals surface area contributed by atoms with Gasteiger partial charge >= 0.3 is 10.2 Å². The number of nitrogens with zero attached hydrogens (tertiary/aromatic N) is 3. The van der Waals surface area contributed by atoms with Crippen LogP contribution in [0.25, 0.3) is 0 Å². The van der Waals surface area contributed by atoms with Gasteiger partial charge in [0.15, 0.2) is 0 Å². The van der Waals surface area contributed by atoms with Crippen LogP contribution in [0.3, 0.4) is 0 Å². The van der Waals surface area contributed by atoms with Crippen molar-refractivity contribution in [2.45, 2.75) is 6.92 Å². The van der Waals surface area contributed by atoms with Gasteiger partial charge in [-0.2, -0.15) is 12.7 Å². The van der Waals surface area contributed by atoms with Crippen molar-refractivity contribution >= 4 is 33.2 Å². The zero-order valence-electron chi connectivity index (χ0n) is 15.3. The number of nitrogens with one attached hydrogen (secondary N) is 1. The number of hydrogen-bond donors (Lipinski definition) is 1. The maximum atomic E-state index is 12.4. The molecule has 0 atom stereocenters. The van der Waals surface area contributed by atoms with Crippen molar-refractivity contribution in [1.29, 1.82) is 0 Å². The largest absolute Gasteiger partial charge is 0.321 e. The van der Waals surface area contributed by atoms with Crippen LogP contribution in [0.5, 0.6) is 0 Å². The first-order chi connectivity index (χ1) is 12.5. The van der Waals surface area contributed by atoms with E-state index < -0.39 is 21.0 Å². The molecule has 0 aliphatic heterocycles. The summed E-state index contributed by atoms with van der Waals surface area (Å²) in [6.07, 6.45) is 0. The Balaban J connectivity index is 2.22. The van der Waals surface area contributed by atoms with Crippen LogP contribution in [0.1, 0.15) is 15.9 Å². The lowest BCUT2D eigenvalue weighted by Crippen LogP contribution is -2.37. The van der Waals surface area contributed by atoms with Crippen LogP contribution in [-0.2, 0) is 10.2 Å². The van der Waals surface area contributed by atoms with E-state index in [2.05, 4.69) is 5.32 Å². The van der Waals surface area contributed by atoms with Crippen molar-refractivity contribution in [1.82, 2.24) is 4.31 Å². The van der Waals surface area contributed by atoms with Crippen LogP contribution < -0.4 is 9.62 Å². The average molecular weight is 392 g/mol. The lowest BCUT2D eigenvalue weighted by Gasteiger charge is -2.23. The first-order valence-corrected chi connectivity index (χ1v) is 9.26. The Kier molecular flexibility index (Phi) is 5.82. The number of rotatable bonds is 6. The fraction of sp³-hybridized carbons (Fsp3) is 0.235. The molecule has 0 heterocycles. The molecule has 27 heavy (non-hydrogen) atoms. The molecule has 2 aromatic rings. The number of anilines is 2. The minimum atomic E-state index is -3.63. The predicted octanol–water partition coefficient (Wildman–Crippen LogP) is 2.40. The summed E-state index contributed by atoms with van der Waals surface area (Å²) in [5.41, 5.74) is 1.59. The fourth-order valence-corrected chi connectivity index (χ4v) is 3.13. The Hall–Kier alpha value is -2.98. The monoisotopic (exact) mass is 392 g/mol. The number of aryl methyl sites for hydroxylation is 1. The number of benzene rings is 2. The molecule has 0 saturated carbocycles. The molecule has 0 saturated heterocycles. The molecule has 0 unspecified atom stereocenters. The Morgan fingerprint density at radius 2 is 1.67 bits per heavy atom. The molecule has 2 rings (SSSR count). The molecule has 2 aromatic carbocycles. The van der Waals surface area contributed by atoms with Crippen molar-refractivity contribution < 1.29 is 18.1 Å². The van der Waals surface area contributed by atoms with Crippen LogP contribution in [0, 0.1) is 17.0 Å². The zero-order valence-corrected chi connectivity index (χ0v) is 16.1. The molecule has 0 bridgehead atoms. The summed E-state index contributed by atoms with van der Waals surface area (Å²) >= 11 is 0. The number of amides is 1. The molecule has 0 aromatic heterocycles. The van der Waals surface area contributed by atoms with E-state index in [0.29, 0.717) is 22.5 Å². The third-order valence-corrected chi connectivity index (χ3v) is 5.81. The van der Waals surface area contributed by atoms with Gasteiger partial charge in [-0.25, -0.2) is 0 Å². The number of nitro benzene ring substituents is 1. The second-order valence-corrected chi connectivity index (χ2v) is 8.19. The van der Waals surface area contributed by atoms with Gasteiger partial charge in [-0.1, -0.05) is 6.07 Å². The normalized spacial score (nSPS) is 11.3. The highest BCUT2D eigenvalue weighted by atomic mass is 32.2. The van der Waals surface area contributed by atoms with Crippen LogP contribution in [0.4, 0.5) is 17.1 Å². The Morgan fingerprint density at radius 1 is 1.07 bits per heavy atom. The highest BCUT2D eigenvalue weighted by Crippen LogP contribution is 2.23. The first kappa shape index (κ1) is 20.3. The maximum Gasteiger partial charge on any atom is 0.303 e. The molecule has 0 spiro atoms. The summed E-state index contributed by atoms with van der Waals surface area (Å²) in [5, 5.41) is 13.5. The summed E-state index contributed by atoms with van der Waals surface area (Å²) in [6, 6.07) is 10.2. The summed E-state index contributed by atoms with van der Waals surface area (Å²) in [6.45, 7) is 1.73. The van der Waals surface area contributed by atoms with Crippen LogP contribution in [0.15, 0.2) is 42.5 Å². The Bertz CT molecular complexity index is 971. The molecule has 0 radical (unpaired) electrons. The number of non-ortho nitro benzene ring substituents is 1. The molecule has 1 N–H and O–H groups in total. The van der Waals surface area contributed by atoms with E-state index in [4.69, 9.17) is 0 Å². The van der Waals surface area contributed by atoms with Crippen molar-refractivity contribution in [2.24, 2.45) is 0 Å². The molecule has 9 nitrogen and oxygen atoms in total. The molecule has 0 aliphatic rings. The van der Waals surface area contributed by atoms with E-state index in [9.17, 15) is 23.3 Å². The van der Waals surface area contributed by atoms with E-state index >= 15 is 0 Å². The van der Waals surface area contributed by atoms with Gasteiger partial charge in [-0.15, -0.1) is 0 Å². The molecule has 144 valence electrons. The third kappa shape index (κ3) is 4.41. The maximum absolute atomic E-state index is 12.4. The number of hydrogen-bond acceptors (Lipinski definition) is 5. The standard InChI is InChI=1S/C17H20N4O5S/c1-12-5-8-15(21(23)24)11-16(12)18-17(22)13-6-9-14(10-7-13)20(4)27(25,26)19(2)3/h5-11H,1-4H3,(H,18,22). The number of carbonyl (C=O) groups excluding carboxylic acids is 1. The van der Waals surface area contributed by atoms with Gasteiger partial charge in [-0.3, -0.25) is 19.2 Å². The SMILES string of the molecule is Cc1ccc([N+](=O)[O-])cc1NC(=O)c1ccc(N(C)S(=O)(=O)N(C)C)cc1. The van der Waals surface area contributed by atoms with Crippen LogP contribution >= 0.6 is 0 Å². The summed E-state index contributed by atoms with van der Waals surface area (Å²) in [4.78, 5) is 22.8. The predicted molar refractivity (Wildman–Crippen MR) is 103 cm³/mol. The third-order valence-electron chi connectivity index (χ3n) is 3.98. The van der Waals surface area contributed by atoms with Crippen molar-refractivity contribution in [3.05, 3.63) is 63.7 Å². The van der Waals surface area contributed by atoms with Gasteiger partial charge in [0.2, 0.25) is 0 Å². The van der Waals surface area contributed by atoms with E-state index in [-0.39, 0.29) is 5.69 Å². The van der Waals surface area contributed by atoms with Crippen molar-refractivity contribution in [3.63, 3.8) is 0 Å². The first-order valence-electron chi connectivity index (χ1n) is 7.87. The Morgan fingerprint density at radius 3 is 2.19 bits per heavy atom. The smallest absolute Gasteiger partial charge is 0.303 e. The Labute approximate surface area is 157 Å². The lowest BCUT2D eigenvalue weighted by molar-refractivity contribution is -0.384. The minimum absolute atomic E-state index is 0.123. The van der Waals surface area contributed by atoms with Gasteiger partial charge in [-0.05, 0) is 36.8 Å². The molecule has 0 aliphatic carbocycles. The van der Waals surface area contributed by atoms with Gasteiger partial charge < -0.3 is 5.32 Å². The van der Waals surface area contributed by atoms with Gasteiger partial charge in [0.05, 0.1) is 16.3 Å². The topological polar surface area (TPSA) is 113 Å². The molecule has 0 fully saturated rings. The minimum Gasteiger partial charge on any atom is -0.321 e. The summed E-state index contributed by atoms with van der Waals surface area (Å²) in [7, 11) is 0.637. The zero-order chi connectivity index (χ0) is 20.4. The van der Waals surface area contributed by atoms with Crippen molar-refractivity contribution in [2.75, 3.05) is 30.8 Å². The molecule has 1 amide bonds.